The molecule has 3 aromatic rings. The fourth-order valence-electron chi connectivity index (χ4n) is 7.58. The number of fused-ring (bicyclic) bond motifs is 3. The molecule has 0 saturated carbocycles. The van der Waals surface area contributed by atoms with Crippen molar-refractivity contribution in [1.82, 2.24) is 0 Å². The molecule has 1 heterocycles. The van der Waals surface area contributed by atoms with Gasteiger partial charge in [-0.2, -0.15) is 10.2 Å². The molecule has 1 aliphatic heterocycles. The third-order valence-corrected chi connectivity index (χ3v) is 9.94. The lowest BCUT2D eigenvalue weighted by atomic mass is 9.59. The Balaban J connectivity index is 1.20. The number of benzene rings is 3. The van der Waals surface area contributed by atoms with Crippen LogP contribution in [0.5, 0.6) is 11.5 Å². The molecule has 1 N–H and O–H groups in total. The number of phenols is 1. The van der Waals surface area contributed by atoms with Crippen molar-refractivity contribution in [3.63, 3.8) is 0 Å². The van der Waals surface area contributed by atoms with Gasteiger partial charge in [-0.05, 0) is 105 Å². The van der Waals surface area contributed by atoms with E-state index in [1.807, 2.05) is 56.3 Å². The molecule has 1 fully saturated rings. The number of imide groups is 1. The molecule has 4 atom stereocenters. The van der Waals surface area contributed by atoms with Gasteiger partial charge in [0.25, 0.3) is 0 Å². The van der Waals surface area contributed by atoms with Crippen molar-refractivity contribution >= 4 is 46.1 Å². The SMILES string of the molecule is CCOc1cc(C2C3=CCC4C(=O)N(c5ccc(N=Nc6ccc(N(C)C)cc6)cc5)C(=O)C4C3CC3=C2C(=O)C(C)=CC3=O)ccc1O. The number of anilines is 2. The van der Waals surface area contributed by atoms with E-state index in [9.17, 15) is 24.3 Å². The second-order valence-corrected chi connectivity index (χ2v) is 13.0. The van der Waals surface area contributed by atoms with Crippen molar-refractivity contribution in [1.29, 1.82) is 0 Å². The number of allylic oxidation sites excluding steroid dienone is 6. The molecule has 1 saturated heterocycles. The summed E-state index contributed by atoms with van der Waals surface area (Å²) in [6.45, 7) is 3.76. The highest BCUT2D eigenvalue weighted by Crippen LogP contribution is 2.56. The van der Waals surface area contributed by atoms with Gasteiger partial charge < -0.3 is 14.7 Å². The van der Waals surface area contributed by atoms with Gasteiger partial charge >= 0.3 is 0 Å². The van der Waals surface area contributed by atoms with Crippen LogP contribution >= 0.6 is 0 Å². The first-order chi connectivity index (χ1) is 23.6. The highest BCUT2D eigenvalue weighted by atomic mass is 16.5. The summed E-state index contributed by atoms with van der Waals surface area (Å²) in [6, 6.07) is 19.4. The van der Waals surface area contributed by atoms with Crippen LogP contribution in [0.4, 0.5) is 22.7 Å². The number of carbonyl (C=O) groups excluding carboxylic acids is 4. The van der Waals surface area contributed by atoms with Gasteiger partial charge in [-0.25, -0.2) is 0 Å². The zero-order valence-electron chi connectivity index (χ0n) is 27.7. The minimum absolute atomic E-state index is 0.0367. The predicted molar refractivity (Wildman–Crippen MR) is 184 cm³/mol. The normalized spacial score (nSPS) is 23.3. The van der Waals surface area contributed by atoms with E-state index in [4.69, 9.17) is 4.74 Å². The Kier molecular flexibility index (Phi) is 8.10. The summed E-state index contributed by atoms with van der Waals surface area (Å²) in [5, 5.41) is 19.1. The fraction of sp³-hybridized carbons (Fsp3) is 0.282. The Hall–Kier alpha value is -5.64. The van der Waals surface area contributed by atoms with Crippen molar-refractivity contribution in [2.45, 2.75) is 32.6 Å². The molecule has 4 aliphatic rings. The number of hydrogen-bond acceptors (Lipinski definition) is 9. The largest absolute Gasteiger partial charge is 0.504 e. The predicted octanol–water partition coefficient (Wildman–Crippen LogP) is 6.91. The third kappa shape index (κ3) is 5.47. The van der Waals surface area contributed by atoms with Crippen molar-refractivity contribution in [2.75, 3.05) is 30.5 Å². The maximum atomic E-state index is 14.3. The molecular weight excluding hydrogens is 620 g/mol. The van der Waals surface area contributed by atoms with Gasteiger partial charge in [0.1, 0.15) is 0 Å². The Morgan fingerprint density at radius 3 is 2.22 bits per heavy atom. The average molecular weight is 657 g/mol. The van der Waals surface area contributed by atoms with Crippen LogP contribution in [-0.2, 0) is 19.2 Å². The number of ether oxygens (including phenoxy) is 1. The van der Waals surface area contributed by atoms with Gasteiger partial charge in [-0.1, -0.05) is 17.7 Å². The molecule has 0 radical (unpaired) electrons. The monoisotopic (exact) mass is 656 g/mol. The summed E-state index contributed by atoms with van der Waals surface area (Å²) >= 11 is 0. The number of carbonyl (C=O) groups is 4. The Labute approximate surface area is 284 Å². The molecule has 0 bridgehead atoms. The van der Waals surface area contributed by atoms with Crippen molar-refractivity contribution in [3.05, 3.63) is 107 Å². The standard InChI is InChI=1S/C39H36N4O6/c1-5-49-33-19-22(6-17-31(33)44)34-27-15-16-28-35(29(27)20-30-32(45)18-21(2)37(46)36(30)34)39(48)43(38(28)47)26-13-9-24(10-14-26)41-40-23-7-11-25(12-8-23)42(3)4/h6-15,17-19,28-29,34-35,44H,5,16,20H2,1-4H3. The van der Waals surface area contributed by atoms with E-state index in [1.54, 1.807) is 43.3 Å². The zero-order valence-corrected chi connectivity index (χ0v) is 27.7. The number of amides is 2. The summed E-state index contributed by atoms with van der Waals surface area (Å²) < 4.78 is 5.66. The lowest BCUT2D eigenvalue weighted by Gasteiger charge is -2.42. The smallest absolute Gasteiger partial charge is 0.238 e. The van der Waals surface area contributed by atoms with Crippen LogP contribution in [0.2, 0.25) is 0 Å². The van der Waals surface area contributed by atoms with Crippen LogP contribution < -0.4 is 14.5 Å². The van der Waals surface area contributed by atoms with Crippen LogP contribution in [0.25, 0.3) is 0 Å². The summed E-state index contributed by atoms with van der Waals surface area (Å²) in [5.41, 5.74) is 5.39. The second-order valence-electron chi connectivity index (χ2n) is 13.0. The maximum Gasteiger partial charge on any atom is 0.238 e. The van der Waals surface area contributed by atoms with Gasteiger partial charge in [0.15, 0.2) is 23.1 Å². The first kappa shape index (κ1) is 31.9. The molecule has 2 amide bonds. The van der Waals surface area contributed by atoms with E-state index in [2.05, 4.69) is 10.2 Å². The summed E-state index contributed by atoms with van der Waals surface area (Å²) in [5.74, 6) is -3.26. The lowest BCUT2D eigenvalue weighted by Crippen LogP contribution is -2.39. The molecule has 7 rings (SSSR count). The average Bonchev–Trinajstić information content (AvgIpc) is 3.36. The van der Waals surface area contributed by atoms with Gasteiger partial charge in [-0.15, -0.1) is 0 Å². The first-order valence-corrected chi connectivity index (χ1v) is 16.4. The molecule has 4 unspecified atom stereocenters. The first-order valence-electron chi connectivity index (χ1n) is 16.4. The molecule has 10 nitrogen and oxygen atoms in total. The summed E-state index contributed by atoms with van der Waals surface area (Å²) in [7, 11) is 3.93. The van der Waals surface area contributed by atoms with E-state index >= 15 is 0 Å². The minimum atomic E-state index is -0.702. The molecule has 0 aromatic heterocycles. The van der Waals surface area contributed by atoms with Gasteiger partial charge in [-0.3, -0.25) is 24.1 Å². The highest BCUT2D eigenvalue weighted by molar-refractivity contribution is 6.25. The Morgan fingerprint density at radius 2 is 1.57 bits per heavy atom. The van der Waals surface area contributed by atoms with Crippen molar-refractivity contribution in [3.8, 4) is 11.5 Å². The second kappa shape index (κ2) is 12.4. The van der Waals surface area contributed by atoms with Crippen molar-refractivity contribution < 1.29 is 29.0 Å². The van der Waals surface area contributed by atoms with E-state index in [-0.39, 0.29) is 41.3 Å². The molecule has 3 aliphatic carbocycles. The topological polar surface area (TPSA) is 129 Å². The zero-order chi connectivity index (χ0) is 34.6. The number of Topliss-reactive ketones (excluding diaryl/α,β-unsaturated/α-hetero) is 1. The molecule has 3 aromatic carbocycles. The van der Waals surface area contributed by atoms with Gasteiger partial charge in [0, 0.05) is 42.4 Å². The number of aromatic hydroxyl groups is 1. The third-order valence-electron chi connectivity index (χ3n) is 9.94. The molecule has 0 spiro atoms. The maximum absolute atomic E-state index is 14.3. The minimum Gasteiger partial charge on any atom is -0.504 e. The van der Waals surface area contributed by atoms with E-state index in [0.717, 1.165) is 11.3 Å². The van der Waals surface area contributed by atoms with E-state index in [1.165, 1.54) is 17.0 Å². The van der Waals surface area contributed by atoms with Crippen LogP contribution in [0.3, 0.4) is 0 Å². The van der Waals surface area contributed by atoms with Gasteiger partial charge in [0.2, 0.25) is 11.8 Å². The number of nitrogens with zero attached hydrogens (tertiary/aromatic N) is 4. The van der Waals surface area contributed by atoms with Gasteiger partial charge in [0.05, 0.1) is 35.5 Å². The number of ketones is 2. The number of azo groups is 1. The summed E-state index contributed by atoms with van der Waals surface area (Å²) in [4.78, 5) is 58.5. The number of rotatable bonds is 7. The molecular formula is C39H36N4O6. The number of hydrogen-bond donors (Lipinski definition) is 1. The quantitative estimate of drug-likeness (QED) is 0.127. The lowest BCUT2D eigenvalue weighted by molar-refractivity contribution is -0.123. The van der Waals surface area contributed by atoms with Crippen molar-refractivity contribution in [2.24, 2.45) is 28.0 Å². The summed E-state index contributed by atoms with van der Waals surface area (Å²) in [6.07, 6.45) is 3.84. The number of phenolic OH excluding ortho intramolecular Hbond substituents is 1. The Bertz CT molecular complexity index is 2020. The highest BCUT2D eigenvalue weighted by Gasteiger charge is 2.56. The van der Waals surface area contributed by atoms with Crippen LogP contribution in [0.1, 0.15) is 38.2 Å². The molecule has 248 valence electrons. The molecule has 49 heavy (non-hydrogen) atoms. The van der Waals surface area contributed by atoms with Crippen LogP contribution in [0.15, 0.2) is 111 Å². The van der Waals surface area contributed by atoms with Crippen LogP contribution in [0, 0.1) is 17.8 Å². The Morgan fingerprint density at radius 1 is 0.898 bits per heavy atom. The fourth-order valence-corrected chi connectivity index (χ4v) is 7.58. The van der Waals surface area contributed by atoms with E-state index < -0.39 is 23.7 Å². The molecule has 10 heteroatoms. The van der Waals surface area contributed by atoms with Crippen LogP contribution in [-0.4, -0.2) is 49.2 Å². The van der Waals surface area contributed by atoms with E-state index in [0.29, 0.717) is 52.4 Å².